The van der Waals surface area contributed by atoms with Gasteiger partial charge in [0.05, 0.1) is 33.5 Å². The van der Waals surface area contributed by atoms with Crippen molar-refractivity contribution in [1.82, 2.24) is 0 Å². The standard InChI is InChI=1S/C38H40O9S2/c1-5-35(39)46-23-9-7-21-44-30-15-13-29(14-16-30)38(42)48-31-17-19-34(27(3)25-31)49-37(41)20-12-28-11-18-32(33(26-28)43-4)45-22-8-10-24-47-36(40)6-2/h5-6,11-20,25-26H,1-2,7-10,21-24H2,3-4H3/b20-12+. The predicted molar refractivity (Wildman–Crippen MR) is 192 cm³/mol. The van der Waals surface area contributed by atoms with E-state index in [0.29, 0.717) is 68.5 Å². The van der Waals surface area contributed by atoms with E-state index in [1.165, 1.54) is 6.08 Å². The third kappa shape index (κ3) is 14.1. The van der Waals surface area contributed by atoms with Gasteiger partial charge in [-0.25, -0.2) is 9.59 Å². The smallest absolute Gasteiger partial charge is 0.330 e. The van der Waals surface area contributed by atoms with Crippen molar-refractivity contribution in [2.45, 2.75) is 42.4 Å². The molecule has 0 saturated heterocycles. The minimum Gasteiger partial charge on any atom is -0.494 e. The fourth-order valence-corrected chi connectivity index (χ4v) is 5.66. The number of unbranched alkanes of at least 4 members (excludes halogenated alkanes) is 2. The number of carbonyl (C=O) groups excluding carboxylic acids is 4. The molecule has 0 fully saturated rings. The Hall–Kier alpha value is -4.74. The van der Waals surface area contributed by atoms with Crippen molar-refractivity contribution in [3.8, 4) is 17.2 Å². The molecular formula is C38H40O9S2. The fraction of sp³-hybridized carbons (Fsp3) is 0.263. The highest BCUT2D eigenvalue weighted by Gasteiger charge is 2.12. The Morgan fingerprint density at radius 3 is 1.96 bits per heavy atom. The van der Waals surface area contributed by atoms with Crippen molar-refractivity contribution in [1.29, 1.82) is 0 Å². The van der Waals surface area contributed by atoms with E-state index in [-0.39, 0.29) is 10.2 Å². The highest BCUT2D eigenvalue weighted by Crippen LogP contribution is 2.32. The van der Waals surface area contributed by atoms with E-state index in [0.717, 1.165) is 63.0 Å². The third-order valence-electron chi connectivity index (χ3n) is 6.68. The molecular weight excluding hydrogens is 665 g/mol. The van der Waals surface area contributed by atoms with Crippen molar-refractivity contribution in [2.24, 2.45) is 0 Å². The van der Waals surface area contributed by atoms with E-state index >= 15 is 0 Å². The Morgan fingerprint density at radius 2 is 1.35 bits per heavy atom. The van der Waals surface area contributed by atoms with Gasteiger partial charge < -0.3 is 23.7 Å². The van der Waals surface area contributed by atoms with E-state index in [4.69, 9.17) is 23.7 Å². The number of hydrogen-bond donors (Lipinski definition) is 0. The van der Waals surface area contributed by atoms with Gasteiger partial charge in [0, 0.05) is 27.5 Å². The predicted octanol–water partition coefficient (Wildman–Crippen LogP) is 8.04. The van der Waals surface area contributed by atoms with Crippen LogP contribution in [0.15, 0.2) is 102 Å². The number of ether oxygens (including phenoxy) is 5. The van der Waals surface area contributed by atoms with Crippen molar-refractivity contribution < 1.29 is 42.9 Å². The monoisotopic (exact) mass is 704 g/mol. The topological polar surface area (TPSA) is 114 Å². The van der Waals surface area contributed by atoms with Crippen LogP contribution in [0.25, 0.3) is 6.08 Å². The number of hydrogen-bond acceptors (Lipinski definition) is 11. The molecule has 0 aliphatic carbocycles. The zero-order valence-corrected chi connectivity index (χ0v) is 29.3. The summed E-state index contributed by atoms with van der Waals surface area (Å²) in [5, 5.41) is -0.248. The molecule has 11 heteroatoms. The molecule has 0 radical (unpaired) electrons. The maximum Gasteiger partial charge on any atom is 0.330 e. The molecule has 0 bridgehead atoms. The minimum absolute atomic E-state index is 0.104. The normalized spacial score (nSPS) is 10.7. The SMILES string of the molecule is C=CC(=O)OCCCCOc1ccc(C(=O)Sc2ccc(SC(=O)/C=C/c3ccc(OCCCCOC(=O)C=C)c(OC)c3)c(C)c2)cc1. The van der Waals surface area contributed by atoms with Gasteiger partial charge in [-0.1, -0.05) is 25.3 Å². The van der Waals surface area contributed by atoms with Gasteiger partial charge in [-0.15, -0.1) is 0 Å². The molecule has 3 aromatic rings. The average Bonchev–Trinajstić information content (AvgIpc) is 3.11. The summed E-state index contributed by atoms with van der Waals surface area (Å²) in [6.45, 7) is 10.1. The summed E-state index contributed by atoms with van der Waals surface area (Å²) in [6.07, 6.45) is 8.24. The zero-order chi connectivity index (χ0) is 35.4. The van der Waals surface area contributed by atoms with E-state index in [1.807, 2.05) is 31.2 Å². The van der Waals surface area contributed by atoms with Gasteiger partial charge >= 0.3 is 11.9 Å². The van der Waals surface area contributed by atoms with Gasteiger partial charge in [0.25, 0.3) is 0 Å². The lowest BCUT2D eigenvalue weighted by molar-refractivity contribution is -0.138. The Morgan fingerprint density at radius 1 is 0.714 bits per heavy atom. The summed E-state index contributed by atoms with van der Waals surface area (Å²) in [5.41, 5.74) is 2.21. The van der Waals surface area contributed by atoms with Gasteiger partial charge in [-0.05, 0) is 128 Å². The van der Waals surface area contributed by atoms with Crippen LogP contribution >= 0.6 is 23.5 Å². The van der Waals surface area contributed by atoms with Gasteiger partial charge in [0.1, 0.15) is 5.75 Å². The molecule has 0 atom stereocenters. The van der Waals surface area contributed by atoms with Crippen LogP contribution < -0.4 is 14.2 Å². The Kier molecular flexibility index (Phi) is 16.8. The number of aryl methyl sites for hydroxylation is 1. The van der Waals surface area contributed by atoms with Crippen LogP contribution in [0.4, 0.5) is 0 Å². The number of rotatable bonds is 20. The first-order valence-electron chi connectivity index (χ1n) is 15.6. The van der Waals surface area contributed by atoms with E-state index in [2.05, 4.69) is 13.2 Å². The molecule has 0 heterocycles. The van der Waals surface area contributed by atoms with Crippen LogP contribution in [0.5, 0.6) is 17.2 Å². The largest absolute Gasteiger partial charge is 0.494 e. The van der Waals surface area contributed by atoms with Crippen LogP contribution in [0.1, 0.15) is 47.2 Å². The zero-order valence-electron chi connectivity index (χ0n) is 27.6. The Labute approximate surface area is 295 Å². The van der Waals surface area contributed by atoms with Crippen molar-refractivity contribution in [3.63, 3.8) is 0 Å². The van der Waals surface area contributed by atoms with Gasteiger partial charge in [0.2, 0.25) is 10.2 Å². The highest BCUT2D eigenvalue weighted by atomic mass is 32.2. The average molecular weight is 705 g/mol. The summed E-state index contributed by atoms with van der Waals surface area (Å²) >= 11 is 2.23. The number of thioether (sulfide) groups is 2. The molecule has 3 aromatic carbocycles. The van der Waals surface area contributed by atoms with Crippen molar-refractivity contribution in [2.75, 3.05) is 33.5 Å². The van der Waals surface area contributed by atoms with Gasteiger partial charge in [-0.3, -0.25) is 9.59 Å². The number of methoxy groups -OCH3 is 1. The second kappa shape index (κ2) is 21.3. The molecule has 0 unspecified atom stereocenters. The lowest BCUT2D eigenvalue weighted by atomic mass is 10.2. The van der Waals surface area contributed by atoms with E-state index in [1.54, 1.807) is 49.6 Å². The second-order valence-electron chi connectivity index (χ2n) is 10.4. The third-order valence-corrected chi connectivity index (χ3v) is 8.61. The molecule has 0 saturated carbocycles. The van der Waals surface area contributed by atoms with Crippen molar-refractivity contribution in [3.05, 3.63) is 109 Å². The molecule has 0 aromatic heterocycles. The number of benzene rings is 3. The summed E-state index contributed by atoms with van der Waals surface area (Å²) in [4.78, 5) is 49.4. The van der Waals surface area contributed by atoms with Crippen LogP contribution in [-0.2, 0) is 23.9 Å². The summed E-state index contributed by atoms with van der Waals surface area (Å²) in [5.74, 6) is 0.894. The number of esters is 2. The van der Waals surface area contributed by atoms with E-state index in [9.17, 15) is 19.2 Å². The van der Waals surface area contributed by atoms with Crippen LogP contribution in [-0.4, -0.2) is 55.7 Å². The maximum atomic E-state index is 12.9. The lowest BCUT2D eigenvalue weighted by Gasteiger charge is -2.11. The first kappa shape index (κ1) is 38.7. The van der Waals surface area contributed by atoms with Gasteiger partial charge in [-0.2, -0.15) is 0 Å². The van der Waals surface area contributed by atoms with Crippen LogP contribution in [0.3, 0.4) is 0 Å². The molecule has 258 valence electrons. The molecule has 0 N–H and O–H groups in total. The first-order chi connectivity index (χ1) is 23.7. The quantitative estimate of drug-likeness (QED) is 0.0493. The Bertz CT molecular complexity index is 1630. The van der Waals surface area contributed by atoms with E-state index < -0.39 is 11.9 Å². The molecule has 0 amide bonds. The molecule has 3 rings (SSSR count). The minimum atomic E-state index is -0.443. The second-order valence-corrected chi connectivity index (χ2v) is 12.5. The maximum absolute atomic E-state index is 12.9. The molecule has 0 aliphatic heterocycles. The summed E-state index contributed by atoms with van der Waals surface area (Å²) < 4.78 is 26.9. The summed E-state index contributed by atoms with van der Waals surface area (Å²) in [6, 6.07) is 17.9. The molecule has 49 heavy (non-hydrogen) atoms. The van der Waals surface area contributed by atoms with Crippen LogP contribution in [0.2, 0.25) is 0 Å². The lowest BCUT2D eigenvalue weighted by Crippen LogP contribution is -2.05. The van der Waals surface area contributed by atoms with Crippen LogP contribution in [0, 0.1) is 6.92 Å². The van der Waals surface area contributed by atoms with Gasteiger partial charge in [0.15, 0.2) is 11.5 Å². The molecule has 0 spiro atoms. The highest BCUT2D eigenvalue weighted by molar-refractivity contribution is 8.14. The first-order valence-corrected chi connectivity index (χ1v) is 17.2. The molecule has 0 aliphatic rings. The van der Waals surface area contributed by atoms with Crippen molar-refractivity contribution >= 4 is 51.8 Å². The fourth-order valence-electron chi connectivity index (χ4n) is 4.11. The Balaban J connectivity index is 1.44. The molecule has 9 nitrogen and oxygen atoms in total. The summed E-state index contributed by atoms with van der Waals surface area (Å²) in [7, 11) is 1.55. The number of carbonyl (C=O) groups is 4.